The molecule has 0 unspecified atom stereocenters. The van der Waals surface area contributed by atoms with Gasteiger partial charge in [-0.2, -0.15) is 0 Å². The highest BCUT2D eigenvalue weighted by Gasteiger charge is 1.91. The van der Waals surface area contributed by atoms with Crippen molar-refractivity contribution in [1.29, 1.82) is 0 Å². The van der Waals surface area contributed by atoms with Crippen LogP contribution in [0.15, 0.2) is 30.3 Å². The molecular formula is C13H19Cl2MgO. The lowest BCUT2D eigenvalue weighted by atomic mass is 10.2. The zero-order valence-corrected chi connectivity index (χ0v) is 13.1. The quantitative estimate of drug-likeness (QED) is 0.526. The van der Waals surface area contributed by atoms with Gasteiger partial charge in [-0.1, -0.05) is 56.5 Å². The molecule has 0 aliphatic rings. The molecule has 0 saturated heterocycles. The summed E-state index contributed by atoms with van der Waals surface area (Å²) in [5.41, 5.74) is 1.25. The molecule has 0 heterocycles. The fourth-order valence-electron chi connectivity index (χ4n) is 1.32. The van der Waals surface area contributed by atoms with Crippen molar-refractivity contribution in [1.82, 2.24) is 0 Å². The lowest BCUT2D eigenvalue weighted by Gasteiger charge is -2.03. The van der Waals surface area contributed by atoms with Crippen LogP contribution < -0.4 is 0 Å². The Hall–Kier alpha value is 0.526. The average molecular weight is 287 g/mol. The zero-order valence-electron chi connectivity index (χ0n) is 10.2. The number of hydrogen-bond acceptors (Lipinski definition) is 1. The summed E-state index contributed by atoms with van der Waals surface area (Å²) in [5.74, 6) is 0. The van der Waals surface area contributed by atoms with Crippen LogP contribution in [-0.2, 0) is 11.3 Å². The number of unbranched alkanes of at least 4 members (excludes halogenated alkanes) is 3. The van der Waals surface area contributed by atoms with Gasteiger partial charge in [0.05, 0.1) is 6.61 Å². The number of hydrogen-bond donors (Lipinski definition) is 0. The Balaban J connectivity index is 0.000000770. The molecule has 0 aromatic heterocycles. The zero-order chi connectivity index (χ0) is 12.8. The maximum Gasteiger partial charge on any atom is 0.618 e. The predicted molar refractivity (Wildman–Crippen MR) is 77.4 cm³/mol. The molecule has 0 amide bonds. The van der Waals surface area contributed by atoms with Gasteiger partial charge < -0.3 is 22.9 Å². The van der Waals surface area contributed by atoms with Gasteiger partial charge in [-0.25, -0.2) is 0 Å². The van der Waals surface area contributed by atoms with Crippen LogP contribution in [0.5, 0.6) is 0 Å². The number of benzene rings is 1. The van der Waals surface area contributed by atoms with Crippen LogP contribution in [0.4, 0.5) is 0 Å². The first-order valence-corrected chi connectivity index (χ1v) is 10.2. The molecule has 1 aromatic carbocycles. The van der Waals surface area contributed by atoms with Gasteiger partial charge in [0, 0.05) is 6.61 Å². The summed E-state index contributed by atoms with van der Waals surface area (Å²) in [7, 11) is 9.81. The summed E-state index contributed by atoms with van der Waals surface area (Å²) in [5, 5.41) is 0. The van der Waals surface area contributed by atoms with Crippen LogP contribution in [0.3, 0.4) is 0 Å². The van der Waals surface area contributed by atoms with Crippen LogP contribution in [0, 0.1) is 6.92 Å². The van der Waals surface area contributed by atoms with Gasteiger partial charge in [0.25, 0.3) is 0 Å². The Morgan fingerprint density at radius 2 is 1.71 bits per heavy atom. The van der Waals surface area contributed by atoms with Crippen molar-refractivity contribution in [2.75, 3.05) is 6.61 Å². The molecule has 93 valence electrons. The molecule has 0 bridgehead atoms. The average Bonchev–Trinajstić information content (AvgIpc) is 2.36. The molecule has 17 heavy (non-hydrogen) atoms. The third-order valence-corrected chi connectivity index (χ3v) is 2.15. The molecule has 0 N–H and O–H groups in total. The number of rotatable bonds is 7. The van der Waals surface area contributed by atoms with E-state index in [0.29, 0.717) is 0 Å². The monoisotopic (exact) mass is 285 g/mol. The largest absolute Gasteiger partial charge is 0.618 e. The summed E-state index contributed by atoms with van der Waals surface area (Å²) in [6.07, 6.45) is 4.65. The summed E-state index contributed by atoms with van der Waals surface area (Å²) in [6.45, 7) is 5.42. The highest BCUT2D eigenvalue weighted by Crippen LogP contribution is 2.03. The molecule has 1 radical (unpaired) electrons. The van der Waals surface area contributed by atoms with E-state index in [9.17, 15) is 0 Å². The van der Waals surface area contributed by atoms with Crippen LogP contribution in [0.25, 0.3) is 0 Å². The maximum absolute atomic E-state index is 5.55. The van der Waals surface area contributed by atoms with E-state index in [4.69, 9.17) is 22.9 Å². The molecule has 0 aliphatic carbocycles. The minimum absolute atomic E-state index is 0.639. The molecular weight excluding hydrogens is 267 g/mol. The van der Waals surface area contributed by atoms with Crippen LogP contribution in [-0.4, -0.2) is 24.8 Å². The molecule has 1 nitrogen and oxygen atoms in total. The fourth-order valence-corrected chi connectivity index (χ4v) is 1.32. The van der Waals surface area contributed by atoms with E-state index in [2.05, 4.69) is 19.1 Å². The van der Waals surface area contributed by atoms with E-state index >= 15 is 0 Å². The summed E-state index contributed by atoms with van der Waals surface area (Å²) >= 11 is -0.639. The van der Waals surface area contributed by atoms with Gasteiger partial charge in [0.1, 0.15) is 0 Å². The molecule has 0 atom stereocenters. The highest BCUT2D eigenvalue weighted by molar-refractivity contribution is 7.22. The van der Waals surface area contributed by atoms with Gasteiger partial charge >= 0.3 is 18.2 Å². The molecule has 0 aliphatic heterocycles. The van der Waals surface area contributed by atoms with Crippen molar-refractivity contribution >= 4 is 36.3 Å². The minimum atomic E-state index is -0.639. The van der Waals surface area contributed by atoms with Crippen LogP contribution in [0.2, 0.25) is 0 Å². The highest BCUT2D eigenvalue weighted by atomic mass is 35.6. The molecule has 0 fully saturated rings. The lowest BCUT2D eigenvalue weighted by Crippen LogP contribution is -1.95. The van der Waals surface area contributed by atoms with E-state index in [-0.39, 0.29) is 0 Å². The third-order valence-electron chi connectivity index (χ3n) is 2.15. The Bertz CT molecular complexity index is 244. The van der Waals surface area contributed by atoms with Gasteiger partial charge in [0.2, 0.25) is 0 Å². The summed E-state index contributed by atoms with van der Waals surface area (Å²) in [4.78, 5) is 0. The SMILES string of the molecule is [CH2]CCCCCOCc1ccccc1.[Cl][Mg][Cl]. The Morgan fingerprint density at radius 3 is 2.29 bits per heavy atom. The van der Waals surface area contributed by atoms with Crippen LogP contribution >= 0.6 is 18.1 Å². The van der Waals surface area contributed by atoms with Crippen molar-refractivity contribution < 1.29 is 4.74 Å². The Morgan fingerprint density at radius 1 is 1.06 bits per heavy atom. The lowest BCUT2D eigenvalue weighted by molar-refractivity contribution is 0.117. The van der Waals surface area contributed by atoms with Gasteiger partial charge in [0.15, 0.2) is 0 Å². The number of ether oxygens (including phenoxy) is 1. The first-order valence-electron chi connectivity index (χ1n) is 5.88. The fraction of sp³-hybridized carbons (Fsp3) is 0.462. The number of halogens is 2. The predicted octanol–water partition coefficient (Wildman–Crippen LogP) is 4.60. The Kier molecular flexibility index (Phi) is 15.0. The van der Waals surface area contributed by atoms with E-state index in [1.807, 2.05) is 18.2 Å². The summed E-state index contributed by atoms with van der Waals surface area (Å²) in [6, 6.07) is 10.3. The van der Waals surface area contributed by atoms with Crippen molar-refractivity contribution in [2.24, 2.45) is 0 Å². The molecule has 4 heteroatoms. The smallest absolute Gasteiger partial charge is 0.377 e. The standard InChI is InChI=1S/C13H19O.2ClH.Mg/c1-2-3-4-8-11-14-12-13-9-6-5-7-10-13;;;/h5-7,9-10H,1-4,8,11-12H2;2*1H;/q;;;+2/p-2. The summed E-state index contributed by atoms with van der Waals surface area (Å²) < 4.78 is 5.55. The van der Waals surface area contributed by atoms with Crippen molar-refractivity contribution in [3.8, 4) is 0 Å². The first kappa shape index (κ1) is 17.5. The molecule has 1 aromatic rings. The van der Waals surface area contributed by atoms with E-state index in [0.717, 1.165) is 26.1 Å². The first-order chi connectivity index (χ1) is 8.35. The normalized spacial score (nSPS) is 9.12. The minimum Gasteiger partial charge on any atom is -0.377 e. The second-order valence-electron chi connectivity index (χ2n) is 3.55. The molecule has 1 rings (SSSR count). The molecule has 0 saturated carbocycles. The van der Waals surface area contributed by atoms with Crippen molar-refractivity contribution in [3.63, 3.8) is 0 Å². The third kappa shape index (κ3) is 12.8. The molecule has 0 spiro atoms. The van der Waals surface area contributed by atoms with E-state index < -0.39 is 18.2 Å². The van der Waals surface area contributed by atoms with Gasteiger partial charge in [-0.15, -0.1) is 0 Å². The topological polar surface area (TPSA) is 9.23 Å². The van der Waals surface area contributed by atoms with Gasteiger partial charge in [-0.3, -0.25) is 0 Å². The van der Waals surface area contributed by atoms with E-state index in [1.165, 1.54) is 18.4 Å². The van der Waals surface area contributed by atoms with Crippen molar-refractivity contribution in [3.05, 3.63) is 42.8 Å². The maximum atomic E-state index is 5.55. The van der Waals surface area contributed by atoms with Crippen LogP contribution in [0.1, 0.15) is 31.2 Å². The van der Waals surface area contributed by atoms with Crippen molar-refractivity contribution in [2.45, 2.75) is 32.3 Å². The second kappa shape index (κ2) is 14.6. The second-order valence-corrected chi connectivity index (χ2v) is 6.18. The van der Waals surface area contributed by atoms with E-state index in [1.54, 1.807) is 0 Å². The Labute approximate surface area is 122 Å². The van der Waals surface area contributed by atoms with Gasteiger partial charge in [-0.05, 0) is 12.0 Å².